The zero-order valence-electron chi connectivity index (χ0n) is 21.3. The van der Waals surface area contributed by atoms with E-state index in [9.17, 15) is 22.4 Å². The van der Waals surface area contributed by atoms with Crippen molar-refractivity contribution >= 4 is 19.1 Å². The second-order valence-corrected chi connectivity index (χ2v) is 15.3. The van der Waals surface area contributed by atoms with E-state index in [1.54, 1.807) is 12.3 Å². The first kappa shape index (κ1) is 27.9. The SMILES string of the molecule is C[C@H](N)[C@H](CCn1ccc2cc(-c3ncc(C(F)(F)F)cn3)c(F)cc2c1=O)O[Si](C)(C)C(C)(C)C. The number of alkyl halides is 3. The molecule has 11 heteroatoms. The number of rotatable bonds is 7. The minimum atomic E-state index is -4.60. The highest BCUT2D eigenvalue weighted by molar-refractivity contribution is 6.74. The van der Waals surface area contributed by atoms with Crippen molar-refractivity contribution in [2.45, 2.75) is 77.1 Å². The van der Waals surface area contributed by atoms with Crippen LogP contribution < -0.4 is 11.3 Å². The molecule has 3 rings (SSSR count). The van der Waals surface area contributed by atoms with Crippen molar-refractivity contribution in [3.8, 4) is 11.4 Å². The van der Waals surface area contributed by atoms with Gasteiger partial charge in [0.25, 0.3) is 5.56 Å². The normalized spacial score (nSPS) is 14.8. The molecule has 0 unspecified atom stereocenters. The Balaban J connectivity index is 1.87. The third-order valence-electron chi connectivity index (χ3n) is 6.78. The zero-order chi connectivity index (χ0) is 27.1. The van der Waals surface area contributed by atoms with Gasteiger partial charge in [-0.2, -0.15) is 13.2 Å². The van der Waals surface area contributed by atoms with Gasteiger partial charge in [-0.3, -0.25) is 4.79 Å². The highest BCUT2D eigenvalue weighted by Gasteiger charge is 2.39. The molecule has 196 valence electrons. The molecule has 0 radical (unpaired) electrons. The number of aryl methyl sites for hydroxylation is 1. The number of nitrogens with two attached hydrogens (primary N) is 1. The van der Waals surface area contributed by atoms with Gasteiger partial charge >= 0.3 is 6.18 Å². The molecule has 2 aromatic heterocycles. The van der Waals surface area contributed by atoms with E-state index in [4.69, 9.17) is 10.2 Å². The van der Waals surface area contributed by atoms with Crippen molar-refractivity contribution in [1.82, 2.24) is 14.5 Å². The summed E-state index contributed by atoms with van der Waals surface area (Å²) in [5.41, 5.74) is 4.68. The van der Waals surface area contributed by atoms with Gasteiger partial charge in [0.2, 0.25) is 0 Å². The zero-order valence-corrected chi connectivity index (χ0v) is 22.3. The van der Waals surface area contributed by atoms with Crippen LogP contribution in [-0.2, 0) is 17.1 Å². The smallest absolute Gasteiger partial charge is 0.412 e. The van der Waals surface area contributed by atoms with Crippen molar-refractivity contribution in [2.24, 2.45) is 5.73 Å². The summed E-state index contributed by atoms with van der Waals surface area (Å²) in [7, 11) is -2.08. The second-order valence-electron chi connectivity index (χ2n) is 10.6. The van der Waals surface area contributed by atoms with Gasteiger partial charge in [-0.15, -0.1) is 0 Å². The summed E-state index contributed by atoms with van der Waals surface area (Å²) >= 11 is 0. The molecule has 0 amide bonds. The van der Waals surface area contributed by atoms with Crippen LogP contribution in [0.1, 0.15) is 39.7 Å². The van der Waals surface area contributed by atoms with Crippen LogP contribution in [0.3, 0.4) is 0 Å². The van der Waals surface area contributed by atoms with Crippen LogP contribution in [0.15, 0.2) is 41.6 Å². The molecule has 0 aliphatic rings. The Morgan fingerprint density at radius 1 is 1.14 bits per heavy atom. The summed E-state index contributed by atoms with van der Waals surface area (Å²) in [5, 5.41) is 0.581. The van der Waals surface area contributed by atoms with Crippen molar-refractivity contribution < 1.29 is 22.0 Å². The number of hydrogen-bond acceptors (Lipinski definition) is 5. The molecule has 0 fully saturated rings. The fourth-order valence-electron chi connectivity index (χ4n) is 3.52. The van der Waals surface area contributed by atoms with E-state index in [2.05, 4.69) is 43.8 Å². The van der Waals surface area contributed by atoms with Crippen LogP contribution in [0.4, 0.5) is 17.6 Å². The number of fused-ring (bicyclic) bond motifs is 1. The molecule has 2 heterocycles. The number of hydrogen-bond donors (Lipinski definition) is 1. The second kappa shape index (κ2) is 10.0. The quantitative estimate of drug-likeness (QED) is 0.315. The van der Waals surface area contributed by atoms with E-state index in [1.807, 2.05) is 6.92 Å². The average Bonchev–Trinajstić information content (AvgIpc) is 2.76. The molecule has 2 atom stereocenters. The van der Waals surface area contributed by atoms with Crippen molar-refractivity contribution in [3.05, 3.63) is 58.5 Å². The molecule has 0 saturated carbocycles. The van der Waals surface area contributed by atoms with Gasteiger partial charge in [0.1, 0.15) is 5.82 Å². The van der Waals surface area contributed by atoms with Crippen molar-refractivity contribution in [1.29, 1.82) is 0 Å². The molecule has 6 nitrogen and oxygen atoms in total. The Kier molecular flexibility index (Phi) is 7.78. The molecule has 0 spiro atoms. The first-order chi connectivity index (χ1) is 16.5. The van der Waals surface area contributed by atoms with Crippen molar-refractivity contribution in [2.75, 3.05) is 0 Å². The number of nitrogens with zero attached hydrogens (tertiary/aromatic N) is 3. The molecule has 3 aromatic rings. The third kappa shape index (κ3) is 6.01. The lowest BCUT2D eigenvalue weighted by molar-refractivity contribution is -0.138. The van der Waals surface area contributed by atoms with E-state index < -0.39 is 25.9 Å². The van der Waals surface area contributed by atoms with Gasteiger partial charge in [-0.25, -0.2) is 14.4 Å². The van der Waals surface area contributed by atoms with E-state index in [0.717, 1.165) is 6.07 Å². The van der Waals surface area contributed by atoms with E-state index in [1.165, 1.54) is 10.6 Å². The first-order valence-corrected chi connectivity index (χ1v) is 14.6. The minimum Gasteiger partial charge on any atom is -0.412 e. The summed E-state index contributed by atoms with van der Waals surface area (Å²) in [6, 6.07) is 3.85. The number of halogens is 4. The largest absolute Gasteiger partial charge is 0.419 e. The minimum absolute atomic E-state index is 0.00589. The van der Waals surface area contributed by atoms with Gasteiger partial charge in [0.05, 0.1) is 22.6 Å². The van der Waals surface area contributed by atoms with Crippen LogP contribution in [0.25, 0.3) is 22.2 Å². The summed E-state index contributed by atoms with van der Waals surface area (Å²) in [4.78, 5) is 20.4. The summed E-state index contributed by atoms with van der Waals surface area (Å²) in [6.07, 6.45) is -1.53. The Bertz CT molecular complexity index is 1280. The van der Waals surface area contributed by atoms with Crippen LogP contribution in [0, 0.1) is 5.82 Å². The van der Waals surface area contributed by atoms with Crippen molar-refractivity contribution in [3.63, 3.8) is 0 Å². The molecule has 0 aliphatic heterocycles. The fraction of sp³-hybridized carbons (Fsp3) is 0.480. The Labute approximate surface area is 208 Å². The standard InChI is InChI=1S/C25H32F4N4O2Si/c1-15(30)21(35-36(5,6)24(2,3)4)8-10-33-9-7-16-11-19(20(26)12-18(16)23(33)34)22-31-13-17(14-32-22)25(27,28)29/h7,9,11-15,21H,8,10,30H2,1-6H3/t15-,21-/m0/s1. The Morgan fingerprint density at radius 3 is 2.28 bits per heavy atom. The maximum Gasteiger partial charge on any atom is 0.419 e. The predicted octanol–water partition coefficient (Wildman–Crippen LogP) is 5.74. The van der Waals surface area contributed by atoms with Crippen LogP contribution in [0.5, 0.6) is 0 Å². The highest BCUT2D eigenvalue weighted by atomic mass is 28.4. The fourth-order valence-corrected chi connectivity index (χ4v) is 4.96. The monoisotopic (exact) mass is 524 g/mol. The highest BCUT2D eigenvalue weighted by Crippen LogP contribution is 2.38. The summed E-state index contributed by atoms with van der Waals surface area (Å²) < 4.78 is 61.2. The molecule has 36 heavy (non-hydrogen) atoms. The van der Waals surface area contributed by atoms with Crippen LogP contribution in [-0.4, -0.2) is 35.0 Å². The van der Waals surface area contributed by atoms with Gasteiger partial charge < -0.3 is 14.7 Å². The lowest BCUT2D eigenvalue weighted by Gasteiger charge is -2.40. The average molecular weight is 525 g/mol. The molecule has 2 N–H and O–H groups in total. The molecule has 0 bridgehead atoms. The third-order valence-corrected chi connectivity index (χ3v) is 11.3. The van der Waals surface area contributed by atoms with Gasteiger partial charge in [0, 0.05) is 31.2 Å². The lowest BCUT2D eigenvalue weighted by atomic mass is 10.1. The molecule has 0 aliphatic carbocycles. The van der Waals surface area contributed by atoms with Gasteiger partial charge in [-0.05, 0) is 55.1 Å². The van der Waals surface area contributed by atoms with E-state index in [-0.39, 0.29) is 39.5 Å². The van der Waals surface area contributed by atoms with Crippen LogP contribution >= 0.6 is 0 Å². The Morgan fingerprint density at radius 2 is 1.75 bits per heavy atom. The molecular weight excluding hydrogens is 492 g/mol. The molecular formula is C25H32F4N4O2Si. The van der Waals surface area contributed by atoms with E-state index in [0.29, 0.717) is 30.7 Å². The van der Waals surface area contributed by atoms with Crippen LogP contribution in [0.2, 0.25) is 18.1 Å². The maximum atomic E-state index is 14.9. The summed E-state index contributed by atoms with van der Waals surface area (Å²) in [6.45, 7) is 12.9. The summed E-state index contributed by atoms with van der Waals surface area (Å²) in [5.74, 6) is -0.999. The predicted molar refractivity (Wildman–Crippen MR) is 135 cm³/mol. The Hall–Kier alpha value is -2.63. The topological polar surface area (TPSA) is 83.0 Å². The van der Waals surface area contributed by atoms with Gasteiger partial charge in [0.15, 0.2) is 14.1 Å². The first-order valence-electron chi connectivity index (χ1n) is 11.7. The number of pyridine rings is 1. The molecule has 0 saturated heterocycles. The maximum absolute atomic E-state index is 14.9. The molecule has 1 aromatic carbocycles. The number of aromatic nitrogens is 3. The van der Waals surface area contributed by atoms with Gasteiger partial charge in [-0.1, -0.05) is 20.8 Å². The lowest BCUT2D eigenvalue weighted by Crippen LogP contribution is -2.48. The van der Waals surface area contributed by atoms with E-state index >= 15 is 0 Å². The number of benzene rings is 1.